The minimum Gasteiger partial charge on any atom is -0.320 e. The summed E-state index contributed by atoms with van der Waals surface area (Å²) >= 11 is 0. The third kappa shape index (κ3) is 2.55. The highest BCUT2D eigenvalue weighted by atomic mass is 16.2. The molecule has 4 rings (SSSR count). The Kier molecular flexibility index (Phi) is 3.35. The summed E-state index contributed by atoms with van der Waals surface area (Å²) in [6, 6.07) is 7.03. The van der Waals surface area contributed by atoms with Crippen LogP contribution in [0.1, 0.15) is 21.5 Å². The summed E-state index contributed by atoms with van der Waals surface area (Å²) in [6.45, 7) is 3.84. The van der Waals surface area contributed by atoms with Crippen molar-refractivity contribution in [2.75, 3.05) is 5.32 Å². The number of imidazole rings is 1. The fraction of sp³-hybridized carbons (Fsp3) is 0.111. The van der Waals surface area contributed by atoms with Crippen molar-refractivity contribution >= 4 is 33.7 Å². The van der Waals surface area contributed by atoms with E-state index in [4.69, 9.17) is 0 Å². The number of hydrogen-bond donors (Lipinski definition) is 3. The molecule has 0 atom stereocenters. The van der Waals surface area contributed by atoms with Crippen molar-refractivity contribution < 1.29 is 4.79 Å². The number of carbonyl (C=O) groups is 1. The van der Waals surface area contributed by atoms with E-state index in [2.05, 4.69) is 25.3 Å². The van der Waals surface area contributed by atoms with Gasteiger partial charge in [0.05, 0.1) is 27.8 Å². The van der Waals surface area contributed by atoms with E-state index < -0.39 is 0 Å². The first-order valence-corrected chi connectivity index (χ1v) is 7.77. The molecule has 2 aromatic carbocycles. The first-order chi connectivity index (χ1) is 12.0. The van der Waals surface area contributed by atoms with Crippen molar-refractivity contribution in [2.45, 2.75) is 13.8 Å². The minimum atomic E-state index is -0.309. The van der Waals surface area contributed by atoms with E-state index in [9.17, 15) is 9.59 Å². The molecule has 3 N–H and O–H groups in total. The van der Waals surface area contributed by atoms with Crippen LogP contribution < -0.4 is 11.0 Å². The van der Waals surface area contributed by atoms with Crippen LogP contribution in [0.4, 0.5) is 5.69 Å². The number of aromatic amines is 2. The Bertz CT molecular complexity index is 1190. The zero-order valence-corrected chi connectivity index (χ0v) is 13.7. The molecule has 1 amide bonds. The lowest BCUT2D eigenvalue weighted by molar-refractivity contribution is 0.102. The van der Waals surface area contributed by atoms with Crippen LogP contribution in [0, 0.1) is 13.8 Å². The largest absolute Gasteiger partial charge is 0.323 e. The van der Waals surface area contributed by atoms with E-state index in [0.717, 1.165) is 16.6 Å². The molecule has 0 fully saturated rings. The lowest BCUT2D eigenvalue weighted by Crippen LogP contribution is -2.14. The number of H-pyrrole nitrogens is 2. The van der Waals surface area contributed by atoms with E-state index in [1.165, 1.54) is 0 Å². The minimum absolute atomic E-state index is 0.274. The first-order valence-electron chi connectivity index (χ1n) is 7.77. The van der Waals surface area contributed by atoms with Crippen molar-refractivity contribution in [2.24, 2.45) is 0 Å². The summed E-state index contributed by atoms with van der Waals surface area (Å²) in [7, 11) is 0. The van der Waals surface area contributed by atoms with Gasteiger partial charge in [-0.2, -0.15) is 0 Å². The molecule has 0 spiro atoms. The van der Waals surface area contributed by atoms with Crippen molar-refractivity contribution in [3.63, 3.8) is 0 Å². The fourth-order valence-electron chi connectivity index (χ4n) is 2.86. The van der Waals surface area contributed by atoms with Gasteiger partial charge in [0.15, 0.2) is 0 Å². The van der Waals surface area contributed by atoms with Gasteiger partial charge in [0.2, 0.25) is 0 Å². The van der Waals surface area contributed by atoms with Gasteiger partial charge in [-0.05, 0) is 49.2 Å². The molecule has 124 valence electrons. The van der Waals surface area contributed by atoms with Gasteiger partial charge in [-0.1, -0.05) is 0 Å². The van der Waals surface area contributed by atoms with Crippen LogP contribution in [0.3, 0.4) is 0 Å². The quantitative estimate of drug-likeness (QED) is 0.524. The van der Waals surface area contributed by atoms with Gasteiger partial charge in [0, 0.05) is 18.0 Å². The maximum Gasteiger partial charge on any atom is 0.323 e. The number of carbonyl (C=O) groups excluding carboxylic acids is 1. The lowest BCUT2D eigenvalue weighted by atomic mass is 10.1. The molecule has 0 saturated heterocycles. The molecule has 7 nitrogen and oxygen atoms in total. The van der Waals surface area contributed by atoms with Crippen LogP contribution in [-0.2, 0) is 0 Å². The highest BCUT2D eigenvalue weighted by Crippen LogP contribution is 2.27. The molecule has 0 radical (unpaired) electrons. The Balaban J connectivity index is 1.78. The predicted octanol–water partition coefficient (Wildman–Crippen LogP) is 2.67. The highest BCUT2D eigenvalue weighted by Gasteiger charge is 2.15. The van der Waals surface area contributed by atoms with Crippen LogP contribution in [0.15, 0.2) is 41.5 Å². The van der Waals surface area contributed by atoms with Crippen molar-refractivity contribution in [1.82, 2.24) is 19.9 Å². The molecule has 25 heavy (non-hydrogen) atoms. The van der Waals surface area contributed by atoms with Gasteiger partial charge in [-0.25, -0.2) is 4.79 Å². The summed E-state index contributed by atoms with van der Waals surface area (Å²) in [5.74, 6) is -0.274. The summed E-state index contributed by atoms with van der Waals surface area (Å²) < 4.78 is 0. The average molecular weight is 333 g/mol. The first kappa shape index (κ1) is 15.1. The molecule has 0 aliphatic heterocycles. The molecular weight excluding hydrogens is 318 g/mol. The molecule has 2 heterocycles. The monoisotopic (exact) mass is 333 g/mol. The number of aryl methyl sites for hydroxylation is 1. The Morgan fingerprint density at radius 1 is 1.04 bits per heavy atom. The standard InChI is InChI=1S/C18H15N5O2/c1-9-7-14-16(23-18(25)21-14)15(10(9)2)22-17(24)11-3-4-12-13(8-11)20-6-5-19-12/h3-8H,1-2H3,(H,22,24)(H2,21,23,25). The van der Waals surface area contributed by atoms with Gasteiger partial charge < -0.3 is 15.3 Å². The molecule has 0 unspecified atom stereocenters. The van der Waals surface area contributed by atoms with Crippen LogP contribution >= 0.6 is 0 Å². The molecule has 0 saturated carbocycles. The van der Waals surface area contributed by atoms with Gasteiger partial charge in [0.1, 0.15) is 0 Å². The number of fused-ring (bicyclic) bond motifs is 2. The Labute approximate surface area is 142 Å². The van der Waals surface area contributed by atoms with Gasteiger partial charge >= 0.3 is 5.69 Å². The van der Waals surface area contributed by atoms with E-state index in [1.807, 2.05) is 19.9 Å². The number of nitrogens with zero attached hydrogens (tertiary/aromatic N) is 2. The van der Waals surface area contributed by atoms with Crippen LogP contribution in [0.5, 0.6) is 0 Å². The fourth-order valence-corrected chi connectivity index (χ4v) is 2.86. The van der Waals surface area contributed by atoms with E-state index in [1.54, 1.807) is 30.6 Å². The summed E-state index contributed by atoms with van der Waals surface area (Å²) in [5, 5.41) is 2.91. The molecular formula is C18H15N5O2. The second-order valence-electron chi connectivity index (χ2n) is 5.91. The topological polar surface area (TPSA) is 104 Å². The maximum absolute atomic E-state index is 12.7. The average Bonchev–Trinajstić information content (AvgIpc) is 2.98. The molecule has 0 aliphatic rings. The SMILES string of the molecule is Cc1cc2[nH]c(=O)[nH]c2c(NC(=O)c2ccc3nccnc3c2)c1C. The van der Waals surface area contributed by atoms with Crippen molar-refractivity contribution in [1.29, 1.82) is 0 Å². The summed E-state index contributed by atoms with van der Waals surface area (Å²) in [4.78, 5) is 38.2. The lowest BCUT2D eigenvalue weighted by Gasteiger charge is -2.12. The number of amides is 1. The molecule has 0 bridgehead atoms. The van der Waals surface area contributed by atoms with Crippen molar-refractivity contribution in [3.05, 3.63) is 63.8 Å². The normalized spacial score (nSPS) is 11.1. The van der Waals surface area contributed by atoms with E-state index in [0.29, 0.717) is 27.8 Å². The van der Waals surface area contributed by atoms with Gasteiger partial charge in [-0.3, -0.25) is 14.8 Å². The zero-order valence-electron chi connectivity index (χ0n) is 13.7. The Hall–Kier alpha value is -3.48. The third-order valence-electron chi connectivity index (χ3n) is 4.30. The third-order valence-corrected chi connectivity index (χ3v) is 4.30. The van der Waals surface area contributed by atoms with Crippen LogP contribution in [0.25, 0.3) is 22.1 Å². The number of aromatic nitrogens is 4. The molecule has 7 heteroatoms. The number of anilines is 1. The highest BCUT2D eigenvalue weighted by molar-refractivity contribution is 6.10. The van der Waals surface area contributed by atoms with Gasteiger partial charge in [0.25, 0.3) is 5.91 Å². The van der Waals surface area contributed by atoms with Gasteiger partial charge in [-0.15, -0.1) is 0 Å². The number of benzene rings is 2. The summed E-state index contributed by atoms with van der Waals surface area (Å²) in [6.07, 6.45) is 3.19. The number of rotatable bonds is 2. The number of nitrogens with one attached hydrogen (secondary N) is 3. The molecule has 0 aliphatic carbocycles. The van der Waals surface area contributed by atoms with Crippen LogP contribution in [-0.4, -0.2) is 25.8 Å². The Morgan fingerprint density at radius 3 is 2.60 bits per heavy atom. The maximum atomic E-state index is 12.7. The number of hydrogen-bond acceptors (Lipinski definition) is 4. The smallest absolute Gasteiger partial charge is 0.320 e. The zero-order chi connectivity index (χ0) is 17.6. The Morgan fingerprint density at radius 2 is 1.80 bits per heavy atom. The second kappa shape index (κ2) is 5.55. The predicted molar refractivity (Wildman–Crippen MR) is 95.9 cm³/mol. The van der Waals surface area contributed by atoms with E-state index in [-0.39, 0.29) is 11.6 Å². The second-order valence-corrected chi connectivity index (χ2v) is 5.91. The molecule has 2 aromatic heterocycles. The van der Waals surface area contributed by atoms with E-state index >= 15 is 0 Å². The molecule has 4 aromatic rings. The van der Waals surface area contributed by atoms with Crippen LogP contribution in [0.2, 0.25) is 0 Å². The summed E-state index contributed by atoms with van der Waals surface area (Å²) in [5.41, 5.74) is 5.25. The van der Waals surface area contributed by atoms with Crippen molar-refractivity contribution in [3.8, 4) is 0 Å².